The van der Waals surface area contributed by atoms with Gasteiger partial charge in [-0.15, -0.1) is 0 Å². The van der Waals surface area contributed by atoms with Gasteiger partial charge in [0.2, 0.25) is 0 Å². The second-order valence-electron chi connectivity index (χ2n) is 8.53. The smallest absolute Gasteiger partial charge is 0.371 e. The van der Waals surface area contributed by atoms with Crippen molar-refractivity contribution in [2.24, 2.45) is 11.1 Å². The first kappa shape index (κ1) is 19.0. The van der Waals surface area contributed by atoms with Crippen LogP contribution >= 0.6 is 0 Å². The Morgan fingerprint density at radius 1 is 1.15 bits per heavy atom. The molecule has 1 aliphatic heterocycles. The molecule has 3 nitrogen and oxygen atoms in total. The second-order valence-corrected chi connectivity index (χ2v) is 8.53. The number of alkyl halides is 3. The Hall–Kier alpha value is -1.34. The summed E-state index contributed by atoms with van der Waals surface area (Å²) >= 11 is 0. The van der Waals surface area contributed by atoms with E-state index in [1.54, 1.807) is 0 Å². The molecule has 3 fully saturated rings. The van der Waals surface area contributed by atoms with Crippen molar-refractivity contribution in [2.45, 2.75) is 69.2 Å². The maximum Gasteiger partial charge on any atom is 0.419 e. The Labute approximate surface area is 157 Å². The van der Waals surface area contributed by atoms with Crippen LogP contribution in [0.4, 0.5) is 23.2 Å². The van der Waals surface area contributed by atoms with E-state index >= 15 is 0 Å². The highest BCUT2D eigenvalue weighted by Gasteiger charge is 2.56. The van der Waals surface area contributed by atoms with Crippen LogP contribution in [0.25, 0.3) is 0 Å². The number of nitrogens with zero attached hydrogens (tertiary/aromatic N) is 1. The van der Waals surface area contributed by atoms with Crippen LogP contribution in [0.15, 0.2) is 18.2 Å². The van der Waals surface area contributed by atoms with Gasteiger partial charge in [-0.05, 0) is 50.3 Å². The van der Waals surface area contributed by atoms with Crippen LogP contribution in [0, 0.1) is 11.2 Å². The van der Waals surface area contributed by atoms with Gasteiger partial charge in [0.25, 0.3) is 0 Å². The van der Waals surface area contributed by atoms with Gasteiger partial charge in [-0.3, -0.25) is 0 Å². The van der Waals surface area contributed by atoms with E-state index < -0.39 is 17.6 Å². The number of hydrogen-bond acceptors (Lipinski definition) is 3. The second kappa shape index (κ2) is 6.92. The molecule has 150 valence electrons. The molecular weight excluding hydrogens is 358 g/mol. The van der Waals surface area contributed by atoms with Crippen LogP contribution in [0.5, 0.6) is 0 Å². The Bertz CT molecular complexity index is 692. The van der Waals surface area contributed by atoms with Crippen LogP contribution in [0.3, 0.4) is 0 Å². The Morgan fingerprint density at radius 3 is 2.63 bits per heavy atom. The zero-order valence-electron chi connectivity index (χ0n) is 15.4. The molecule has 0 bridgehead atoms. The summed E-state index contributed by atoms with van der Waals surface area (Å²) in [4.78, 5) is 2.04. The van der Waals surface area contributed by atoms with Crippen molar-refractivity contribution in [3.63, 3.8) is 0 Å². The summed E-state index contributed by atoms with van der Waals surface area (Å²) in [7, 11) is 0. The van der Waals surface area contributed by atoms with Gasteiger partial charge in [-0.2, -0.15) is 13.2 Å². The standard InChI is InChI=1S/C20H27F4N3/c21-15-10-13(6-7-14(15)20(22,23)24)27-9-3-8-19(12-27)11-18(19)26-17-5-2-1-4-16(17)25/h6-7,10,16-18,26H,1-5,8-9,11-12,25H2/t16-,17-,18?,19?/m1/s1. The van der Waals surface area contributed by atoms with Crippen LogP contribution in [-0.4, -0.2) is 31.2 Å². The number of nitrogens with one attached hydrogen (secondary N) is 1. The summed E-state index contributed by atoms with van der Waals surface area (Å²) in [6.45, 7) is 1.51. The molecule has 1 saturated heterocycles. The highest BCUT2D eigenvalue weighted by Crippen LogP contribution is 2.53. The van der Waals surface area contributed by atoms with E-state index in [9.17, 15) is 17.6 Å². The summed E-state index contributed by atoms with van der Waals surface area (Å²) in [6, 6.07) is 4.27. The first-order valence-corrected chi connectivity index (χ1v) is 9.92. The van der Waals surface area contributed by atoms with Crippen LogP contribution < -0.4 is 16.0 Å². The average Bonchev–Trinajstić information content (AvgIpc) is 3.26. The van der Waals surface area contributed by atoms with Crippen LogP contribution in [0.2, 0.25) is 0 Å². The van der Waals surface area contributed by atoms with Crippen molar-refractivity contribution in [1.29, 1.82) is 0 Å². The number of halogens is 4. The lowest BCUT2D eigenvalue weighted by Crippen LogP contribution is -2.50. The quantitative estimate of drug-likeness (QED) is 0.771. The maximum atomic E-state index is 14.0. The molecule has 1 heterocycles. The first-order chi connectivity index (χ1) is 12.8. The molecule has 0 aromatic heterocycles. The largest absolute Gasteiger partial charge is 0.419 e. The van der Waals surface area contributed by atoms with E-state index in [1.807, 2.05) is 4.90 Å². The third-order valence-electron chi connectivity index (χ3n) is 6.66. The van der Waals surface area contributed by atoms with Gasteiger partial charge in [0.1, 0.15) is 5.82 Å². The molecule has 0 amide bonds. The monoisotopic (exact) mass is 385 g/mol. The molecular formula is C20H27F4N3. The molecule has 7 heteroatoms. The zero-order valence-corrected chi connectivity index (χ0v) is 15.4. The molecule has 1 aromatic carbocycles. The van der Waals surface area contributed by atoms with Gasteiger partial charge < -0.3 is 16.0 Å². The minimum atomic E-state index is -4.66. The highest BCUT2D eigenvalue weighted by atomic mass is 19.4. The third-order valence-corrected chi connectivity index (χ3v) is 6.66. The van der Waals surface area contributed by atoms with Crippen LogP contribution in [-0.2, 0) is 6.18 Å². The molecule has 1 aromatic rings. The van der Waals surface area contributed by atoms with Gasteiger partial charge >= 0.3 is 6.18 Å². The number of rotatable bonds is 3. The molecule has 3 N–H and O–H groups in total. The highest BCUT2D eigenvalue weighted by molar-refractivity contribution is 5.50. The zero-order chi connectivity index (χ0) is 19.2. The molecule has 2 saturated carbocycles. The summed E-state index contributed by atoms with van der Waals surface area (Å²) in [5.41, 5.74) is 5.74. The minimum absolute atomic E-state index is 0.147. The molecule has 4 rings (SSSR count). The Balaban J connectivity index is 1.42. The van der Waals surface area contributed by atoms with Crippen molar-refractivity contribution in [3.8, 4) is 0 Å². The first-order valence-electron chi connectivity index (χ1n) is 9.92. The minimum Gasteiger partial charge on any atom is -0.371 e. The third kappa shape index (κ3) is 3.81. The average molecular weight is 385 g/mol. The number of hydrogen-bond donors (Lipinski definition) is 2. The lowest BCUT2D eigenvalue weighted by atomic mass is 9.89. The molecule has 27 heavy (non-hydrogen) atoms. The molecule has 3 aliphatic rings. The van der Waals surface area contributed by atoms with Gasteiger partial charge in [0.15, 0.2) is 0 Å². The van der Waals surface area contributed by atoms with E-state index in [0.717, 1.165) is 57.3 Å². The van der Waals surface area contributed by atoms with Gasteiger partial charge in [0.05, 0.1) is 5.56 Å². The fourth-order valence-corrected chi connectivity index (χ4v) is 4.97. The SMILES string of the molecule is N[C@@H]1CCCC[C@H]1NC1CC12CCCN(c1ccc(C(F)(F)F)c(F)c1)C2. The lowest BCUT2D eigenvalue weighted by molar-refractivity contribution is -0.139. The summed E-state index contributed by atoms with van der Waals surface area (Å²) in [5.74, 6) is -1.20. The number of piperidine rings is 1. The molecule has 2 unspecified atom stereocenters. The van der Waals surface area contributed by atoms with Gasteiger partial charge in [-0.1, -0.05) is 12.8 Å². The van der Waals surface area contributed by atoms with Gasteiger partial charge in [0, 0.05) is 42.3 Å². The molecule has 1 spiro atoms. The fraction of sp³-hybridized carbons (Fsp3) is 0.700. The Kier molecular flexibility index (Phi) is 4.87. The van der Waals surface area contributed by atoms with E-state index in [2.05, 4.69) is 5.32 Å². The van der Waals surface area contributed by atoms with Crippen molar-refractivity contribution in [2.75, 3.05) is 18.0 Å². The van der Waals surface area contributed by atoms with Crippen molar-refractivity contribution < 1.29 is 17.6 Å². The topological polar surface area (TPSA) is 41.3 Å². The maximum absolute atomic E-state index is 14.0. The predicted molar refractivity (Wildman–Crippen MR) is 97.1 cm³/mol. The summed E-state index contributed by atoms with van der Waals surface area (Å²) in [6.07, 6.45) is 3.07. The predicted octanol–water partition coefficient (Wildman–Crippen LogP) is 4.06. The van der Waals surface area contributed by atoms with E-state index in [0.29, 0.717) is 17.8 Å². The van der Waals surface area contributed by atoms with Crippen molar-refractivity contribution >= 4 is 5.69 Å². The van der Waals surface area contributed by atoms with Crippen molar-refractivity contribution in [3.05, 3.63) is 29.6 Å². The summed E-state index contributed by atoms with van der Waals surface area (Å²) in [5, 5.41) is 3.74. The lowest BCUT2D eigenvalue weighted by Gasteiger charge is -2.37. The van der Waals surface area contributed by atoms with Gasteiger partial charge in [-0.25, -0.2) is 4.39 Å². The Morgan fingerprint density at radius 2 is 1.93 bits per heavy atom. The number of anilines is 1. The molecule has 2 aliphatic carbocycles. The summed E-state index contributed by atoms with van der Waals surface area (Å²) < 4.78 is 52.3. The van der Waals surface area contributed by atoms with Crippen molar-refractivity contribution in [1.82, 2.24) is 5.32 Å². The van der Waals surface area contributed by atoms with E-state index in [4.69, 9.17) is 5.73 Å². The molecule has 4 atom stereocenters. The normalized spacial score (nSPS) is 34.1. The number of benzene rings is 1. The molecule has 0 radical (unpaired) electrons. The fourth-order valence-electron chi connectivity index (χ4n) is 4.97. The van der Waals surface area contributed by atoms with E-state index in [1.165, 1.54) is 18.9 Å². The number of nitrogens with two attached hydrogens (primary N) is 1. The van der Waals surface area contributed by atoms with E-state index in [-0.39, 0.29) is 11.5 Å². The van der Waals surface area contributed by atoms with Crippen LogP contribution in [0.1, 0.15) is 50.5 Å².